The fraction of sp³-hybridized carbons (Fsp3) is 0.364. The summed E-state index contributed by atoms with van der Waals surface area (Å²) >= 11 is 0. The molecular formula is C22H26N2O4. The Hall–Kier alpha value is -2.86. The van der Waals surface area contributed by atoms with Gasteiger partial charge in [-0.1, -0.05) is 18.2 Å². The summed E-state index contributed by atoms with van der Waals surface area (Å²) in [5, 5.41) is 9.24. The average molecular weight is 382 g/mol. The zero-order valence-corrected chi connectivity index (χ0v) is 16.0. The van der Waals surface area contributed by atoms with E-state index in [0.29, 0.717) is 24.9 Å². The lowest BCUT2D eigenvalue weighted by atomic mass is 9.78. The van der Waals surface area contributed by atoms with Crippen LogP contribution in [0.5, 0.6) is 5.75 Å². The molecule has 0 unspecified atom stereocenters. The Morgan fingerprint density at radius 1 is 1.11 bits per heavy atom. The monoisotopic (exact) mass is 382 g/mol. The van der Waals surface area contributed by atoms with Gasteiger partial charge in [-0.05, 0) is 72.1 Å². The van der Waals surface area contributed by atoms with Crippen molar-refractivity contribution in [2.45, 2.75) is 38.1 Å². The number of rotatable bonds is 6. The first-order valence-electron chi connectivity index (χ1n) is 9.48. The number of hydrogen-bond donors (Lipinski definition) is 3. The van der Waals surface area contributed by atoms with E-state index in [1.165, 1.54) is 0 Å². The van der Waals surface area contributed by atoms with Crippen LogP contribution in [0.1, 0.15) is 53.1 Å². The number of aliphatic carboxylic acids is 1. The van der Waals surface area contributed by atoms with Gasteiger partial charge in [-0.3, -0.25) is 9.59 Å². The molecule has 0 heterocycles. The van der Waals surface area contributed by atoms with E-state index >= 15 is 0 Å². The van der Waals surface area contributed by atoms with Gasteiger partial charge >= 0.3 is 5.97 Å². The minimum absolute atomic E-state index is 0.228. The number of methoxy groups -OCH3 is 1. The molecule has 2 aromatic rings. The van der Waals surface area contributed by atoms with Crippen molar-refractivity contribution in [1.82, 2.24) is 0 Å². The normalized spacial score (nSPS) is 19.2. The van der Waals surface area contributed by atoms with Crippen molar-refractivity contribution >= 4 is 11.9 Å². The average Bonchev–Trinajstić information content (AvgIpc) is 2.72. The van der Waals surface area contributed by atoms with Gasteiger partial charge in [0.05, 0.1) is 13.0 Å². The largest absolute Gasteiger partial charge is 0.496 e. The number of benzene rings is 2. The van der Waals surface area contributed by atoms with Crippen LogP contribution in [-0.4, -0.2) is 24.1 Å². The van der Waals surface area contributed by atoms with E-state index in [1.54, 1.807) is 13.2 Å². The lowest BCUT2D eigenvalue weighted by Gasteiger charge is -2.28. The maximum absolute atomic E-state index is 12.0. The van der Waals surface area contributed by atoms with Gasteiger partial charge in [0, 0.05) is 12.1 Å². The van der Waals surface area contributed by atoms with Crippen molar-refractivity contribution in [2.24, 2.45) is 17.4 Å². The molecule has 0 saturated heterocycles. The maximum atomic E-state index is 12.0. The first-order chi connectivity index (χ1) is 13.4. The molecule has 2 aromatic carbocycles. The molecule has 6 heteroatoms. The number of carbonyl (C=O) groups is 2. The van der Waals surface area contributed by atoms with E-state index in [0.717, 1.165) is 40.8 Å². The minimum Gasteiger partial charge on any atom is -0.496 e. The Balaban J connectivity index is 1.98. The Morgan fingerprint density at radius 3 is 2.39 bits per heavy atom. The zero-order chi connectivity index (χ0) is 20.3. The van der Waals surface area contributed by atoms with Crippen LogP contribution in [-0.2, 0) is 11.3 Å². The van der Waals surface area contributed by atoms with Crippen LogP contribution < -0.4 is 16.2 Å². The van der Waals surface area contributed by atoms with Crippen molar-refractivity contribution in [2.75, 3.05) is 7.11 Å². The van der Waals surface area contributed by atoms with Gasteiger partial charge in [-0.25, -0.2) is 0 Å². The molecule has 5 N–H and O–H groups in total. The Labute approximate surface area is 164 Å². The number of carboxylic acid groups (broad SMARTS) is 1. The second kappa shape index (κ2) is 8.44. The summed E-state index contributed by atoms with van der Waals surface area (Å²) in [5.41, 5.74) is 15.3. The highest BCUT2D eigenvalue weighted by Crippen LogP contribution is 2.41. The Bertz CT molecular complexity index is 886. The van der Waals surface area contributed by atoms with Crippen LogP contribution in [0.2, 0.25) is 0 Å². The highest BCUT2D eigenvalue weighted by atomic mass is 16.5. The minimum atomic E-state index is -0.717. The van der Waals surface area contributed by atoms with Crippen molar-refractivity contribution in [3.8, 4) is 16.9 Å². The van der Waals surface area contributed by atoms with Gasteiger partial charge in [-0.2, -0.15) is 0 Å². The Kier molecular flexibility index (Phi) is 5.99. The summed E-state index contributed by atoms with van der Waals surface area (Å²) in [5.74, 6) is -0.474. The molecule has 0 aromatic heterocycles. The molecule has 3 rings (SSSR count). The van der Waals surface area contributed by atoms with Gasteiger partial charge in [-0.15, -0.1) is 0 Å². The lowest BCUT2D eigenvalue weighted by molar-refractivity contribution is -0.142. The summed E-state index contributed by atoms with van der Waals surface area (Å²) in [4.78, 5) is 23.2. The summed E-state index contributed by atoms with van der Waals surface area (Å²) in [6.07, 6.45) is 2.91. The third-order valence-corrected chi connectivity index (χ3v) is 5.64. The number of ether oxygens (including phenoxy) is 1. The first-order valence-corrected chi connectivity index (χ1v) is 9.48. The highest BCUT2D eigenvalue weighted by molar-refractivity contribution is 6.00. The van der Waals surface area contributed by atoms with Crippen molar-refractivity contribution in [3.63, 3.8) is 0 Å². The van der Waals surface area contributed by atoms with Gasteiger partial charge < -0.3 is 21.3 Å². The predicted molar refractivity (Wildman–Crippen MR) is 107 cm³/mol. The second-order valence-corrected chi connectivity index (χ2v) is 7.29. The standard InChI is InChI=1S/C22H26N2O4/c1-28-20-9-7-16(17-8-2-13(12-23)10-19(17)21(24)25)11-18(20)14-3-5-15(6-4-14)22(26)27/h2,7-11,14-15H,3-6,12,23H2,1H3,(H2,24,25)(H,26,27). The number of nitrogens with two attached hydrogens (primary N) is 2. The van der Waals surface area contributed by atoms with Crippen molar-refractivity contribution in [3.05, 3.63) is 53.1 Å². The molecule has 1 aliphatic carbocycles. The molecule has 1 saturated carbocycles. The molecule has 0 bridgehead atoms. The number of carboxylic acids is 1. The first kappa shape index (κ1) is 19.9. The fourth-order valence-electron chi connectivity index (χ4n) is 4.05. The molecular weight excluding hydrogens is 356 g/mol. The van der Waals surface area contributed by atoms with E-state index in [2.05, 4.69) is 0 Å². The van der Waals surface area contributed by atoms with Crippen molar-refractivity contribution in [1.29, 1.82) is 0 Å². The van der Waals surface area contributed by atoms with Crippen LogP contribution in [0.25, 0.3) is 11.1 Å². The van der Waals surface area contributed by atoms with Gasteiger partial charge in [0.2, 0.25) is 5.91 Å². The third kappa shape index (κ3) is 4.02. The summed E-state index contributed by atoms with van der Waals surface area (Å²) in [6.45, 7) is 0.335. The van der Waals surface area contributed by atoms with Crippen LogP contribution >= 0.6 is 0 Å². The van der Waals surface area contributed by atoms with E-state index < -0.39 is 11.9 Å². The molecule has 0 aliphatic heterocycles. The maximum Gasteiger partial charge on any atom is 0.306 e. The van der Waals surface area contributed by atoms with Gasteiger partial charge in [0.25, 0.3) is 0 Å². The second-order valence-electron chi connectivity index (χ2n) is 7.29. The van der Waals surface area contributed by atoms with Crippen LogP contribution in [0.4, 0.5) is 0 Å². The van der Waals surface area contributed by atoms with Crippen LogP contribution in [0.15, 0.2) is 36.4 Å². The van der Waals surface area contributed by atoms with Gasteiger partial charge in [0.1, 0.15) is 5.75 Å². The number of primary amides is 1. The number of carbonyl (C=O) groups excluding carboxylic acids is 1. The van der Waals surface area contributed by atoms with E-state index in [4.69, 9.17) is 16.2 Å². The van der Waals surface area contributed by atoms with Crippen LogP contribution in [0, 0.1) is 5.92 Å². The highest BCUT2D eigenvalue weighted by Gasteiger charge is 2.28. The SMILES string of the molecule is COc1ccc(-c2ccc(CN)cc2C(N)=O)cc1C1CCC(C(=O)O)CC1. The quantitative estimate of drug-likeness (QED) is 0.709. The Morgan fingerprint density at radius 2 is 1.82 bits per heavy atom. The molecule has 148 valence electrons. The fourth-order valence-corrected chi connectivity index (χ4v) is 4.05. The smallest absolute Gasteiger partial charge is 0.306 e. The van der Waals surface area contributed by atoms with Crippen LogP contribution in [0.3, 0.4) is 0 Å². The van der Waals surface area contributed by atoms with E-state index in [9.17, 15) is 14.7 Å². The van der Waals surface area contributed by atoms with E-state index in [1.807, 2.05) is 30.3 Å². The molecule has 6 nitrogen and oxygen atoms in total. The molecule has 0 spiro atoms. The zero-order valence-electron chi connectivity index (χ0n) is 16.0. The molecule has 1 amide bonds. The molecule has 0 radical (unpaired) electrons. The summed E-state index contributed by atoms with van der Waals surface area (Å²) < 4.78 is 5.55. The molecule has 0 atom stereocenters. The molecule has 1 fully saturated rings. The predicted octanol–water partition coefficient (Wildman–Crippen LogP) is 3.28. The summed E-state index contributed by atoms with van der Waals surface area (Å²) in [7, 11) is 1.63. The number of hydrogen-bond acceptors (Lipinski definition) is 4. The molecule has 28 heavy (non-hydrogen) atoms. The third-order valence-electron chi connectivity index (χ3n) is 5.64. The van der Waals surface area contributed by atoms with Crippen molar-refractivity contribution < 1.29 is 19.4 Å². The number of amides is 1. The topological polar surface area (TPSA) is 116 Å². The van der Waals surface area contributed by atoms with E-state index in [-0.39, 0.29) is 11.8 Å². The molecule has 1 aliphatic rings. The summed E-state index contributed by atoms with van der Waals surface area (Å²) in [6, 6.07) is 11.3. The lowest BCUT2D eigenvalue weighted by Crippen LogP contribution is -2.20. The van der Waals surface area contributed by atoms with Gasteiger partial charge in [0.15, 0.2) is 0 Å².